The van der Waals surface area contributed by atoms with Crippen LogP contribution in [0.1, 0.15) is 35.7 Å². The van der Waals surface area contributed by atoms with Crippen molar-refractivity contribution in [2.24, 2.45) is 0 Å². The average Bonchev–Trinajstić information content (AvgIpc) is 2.83. The topological polar surface area (TPSA) is 112 Å². The number of benzene rings is 2. The molecule has 0 bridgehead atoms. The highest BCUT2D eigenvalue weighted by molar-refractivity contribution is 6.02. The van der Waals surface area contributed by atoms with Crippen molar-refractivity contribution in [2.75, 3.05) is 19.8 Å². The van der Waals surface area contributed by atoms with Crippen molar-refractivity contribution < 1.29 is 28.3 Å². The first-order valence-corrected chi connectivity index (χ1v) is 10.6. The molecule has 0 radical (unpaired) electrons. The highest BCUT2D eigenvalue weighted by Gasteiger charge is 2.20. The first-order valence-electron chi connectivity index (χ1n) is 10.6. The molecule has 2 aromatic carbocycles. The van der Waals surface area contributed by atoms with Crippen LogP contribution in [-0.4, -0.2) is 37.6 Å². The van der Waals surface area contributed by atoms with E-state index < -0.39 is 18.5 Å². The molecule has 3 rings (SSSR count). The molecule has 1 amide bonds. The number of esters is 2. The molecule has 0 aliphatic heterocycles. The molecule has 1 N–H and O–H groups in total. The number of carbonyl (C=O) groups excluding carboxylic acids is 3. The highest BCUT2D eigenvalue weighted by Crippen LogP contribution is 2.27. The van der Waals surface area contributed by atoms with Crippen LogP contribution >= 0.6 is 0 Å². The molecule has 0 aliphatic rings. The van der Waals surface area contributed by atoms with Gasteiger partial charge in [-0.1, -0.05) is 36.4 Å². The fraction of sp³-hybridized carbons (Fsp3) is 0.280. The molecular weight excluding hydrogens is 426 g/mol. The maximum Gasteiger partial charge on any atom is 0.342 e. The fourth-order valence-electron chi connectivity index (χ4n) is 3.29. The summed E-state index contributed by atoms with van der Waals surface area (Å²) in [7, 11) is 0. The van der Waals surface area contributed by atoms with Crippen molar-refractivity contribution in [1.82, 2.24) is 5.32 Å². The van der Waals surface area contributed by atoms with Crippen molar-refractivity contribution in [2.45, 2.75) is 26.7 Å². The number of rotatable bonds is 9. The van der Waals surface area contributed by atoms with Gasteiger partial charge in [-0.3, -0.25) is 14.4 Å². The van der Waals surface area contributed by atoms with Gasteiger partial charge in [0.25, 0.3) is 5.91 Å². The summed E-state index contributed by atoms with van der Waals surface area (Å²) in [5.41, 5.74) is 1.05. The summed E-state index contributed by atoms with van der Waals surface area (Å²) in [6.45, 7) is 3.44. The summed E-state index contributed by atoms with van der Waals surface area (Å²) in [6, 6.07) is 13.7. The van der Waals surface area contributed by atoms with Gasteiger partial charge in [0.05, 0.1) is 12.0 Å². The van der Waals surface area contributed by atoms with E-state index in [9.17, 15) is 19.2 Å². The summed E-state index contributed by atoms with van der Waals surface area (Å²) in [5, 5.41) is 2.83. The molecule has 33 heavy (non-hydrogen) atoms. The Kier molecular flexibility index (Phi) is 7.96. The molecule has 0 saturated heterocycles. The van der Waals surface area contributed by atoms with Crippen molar-refractivity contribution in [1.29, 1.82) is 0 Å². The maximum absolute atomic E-state index is 12.9. The molecular formula is C25H25NO7. The van der Waals surface area contributed by atoms with Crippen LogP contribution in [-0.2, 0) is 19.1 Å². The molecule has 0 atom stereocenters. The largest absolute Gasteiger partial charge is 0.466 e. The van der Waals surface area contributed by atoms with Crippen LogP contribution in [0.25, 0.3) is 22.3 Å². The van der Waals surface area contributed by atoms with Gasteiger partial charge < -0.3 is 19.2 Å². The minimum atomic E-state index is -0.784. The lowest BCUT2D eigenvalue weighted by Gasteiger charge is -2.10. The second kappa shape index (κ2) is 11.1. The van der Waals surface area contributed by atoms with Gasteiger partial charge in [0.2, 0.25) is 0 Å². The lowest BCUT2D eigenvalue weighted by atomic mass is 10.0. The normalized spacial score (nSPS) is 10.6. The van der Waals surface area contributed by atoms with E-state index in [1.165, 1.54) is 6.07 Å². The third-order valence-corrected chi connectivity index (χ3v) is 4.92. The molecule has 8 heteroatoms. The number of para-hydroxylation sites is 1. The van der Waals surface area contributed by atoms with Crippen molar-refractivity contribution >= 4 is 28.8 Å². The zero-order valence-corrected chi connectivity index (χ0v) is 18.5. The van der Waals surface area contributed by atoms with Crippen molar-refractivity contribution in [3.63, 3.8) is 0 Å². The van der Waals surface area contributed by atoms with Crippen LogP contribution in [0.4, 0.5) is 0 Å². The van der Waals surface area contributed by atoms with Crippen molar-refractivity contribution in [3.05, 3.63) is 69.9 Å². The van der Waals surface area contributed by atoms with Crippen LogP contribution < -0.4 is 10.7 Å². The van der Waals surface area contributed by atoms with Crippen LogP contribution in [0.2, 0.25) is 0 Å². The van der Waals surface area contributed by atoms with Gasteiger partial charge >= 0.3 is 11.9 Å². The number of carbonyl (C=O) groups is 3. The Labute approximate surface area is 190 Å². The monoisotopic (exact) mass is 451 g/mol. The predicted molar refractivity (Wildman–Crippen MR) is 122 cm³/mol. The SMILES string of the molecule is CCOC(=O)CCCNC(=O)COC(=O)c1cccc2c(=O)c(C)c(-c3ccccc3)oc12. The minimum Gasteiger partial charge on any atom is -0.466 e. The van der Waals surface area contributed by atoms with E-state index >= 15 is 0 Å². The van der Waals surface area contributed by atoms with E-state index in [0.717, 1.165) is 0 Å². The Morgan fingerprint density at radius 2 is 1.76 bits per heavy atom. The number of fused-ring (bicyclic) bond motifs is 1. The predicted octanol–water partition coefficient (Wildman–Crippen LogP) is 3.38. The molecule has 1 aromatic heterocycles. The number of ether oxygens (including phenoxy) is 2. The molecule has 0 saturated carbocycles. The summed E-state index contributed by atoms with van der Waals surface area (Å²) < 4.78 is 15.9. The summed E-state index contributed by atoms with van der Waals surface area (Å²) >= 11 is 0. The first-order chi connectivity index (χ1) is 15.9. The van der Waals surface area contributed by atoms with E-state index in [2.05, 4.69) is 5.32 Å². The Bertz CT molecular complexity index is 1210. The molecule has 0 fully saturated rings. The van der Waals surface area contributed by atoms with Crippen molar-refractivity contribution in [3.8, 4) is 11.3 Å². The lowest BCUT2D eigenvalue weighted by molar-refractivity contribution is -0.143. The quantitative estimate of drug-likeness (QED) is 0.392. The molecule has 3 aromatic rings. The molecule has 1 heterocycles. The van der Waals surface area contributed by atoms with Gasteiger partial charge in [-0.15, -0.1) is 0 Å². The summed E-state index contributed by atoms with van der Waals surface area (Å²) in [5.74, 6) is -1.25. The fourth-order valence-corrected chi connectivity index (χ4v) is 3.29. The highest BCUT2D eigenvalue weighted by atomic mass is 16.5. The van der Waals surface area contributed by atoms with E-state index in [1.807, 2.05) is 30.3 Å². The molecule has 0 unspecified atom stereocenters. The van der Waals surface area contributed by atoms with E-state index in [0.29, 0.717) is 29.9 Å². The average molecular weight is 451 g/mol. The Morgan fingerprint density at radius 3 is 2.48 bits per heavy atom. The zero-order chi connectivity index (χ0) is 23.8. The second-order valence-electron chi connectivity index (χ2n) is 7.27. The number of amides is 1. The number of hydrogen-bond donors (Lipinski definition) is 1. The smallest absolute Gasteiger partial charge is 0.342 e. The van der Waals surface area contributed by atoms with E-state index in [4.69, 9.17) is 13.9 Å². The minimum absolute atomic E-state index is 0.0527. The van der Waals surface area contributed by atoms with Gasteiger partial charge in [-0.2, -0.15) is 0 Å². The molecule has 172 valence electrons. The third-order valence-electron chi connectivity index (χ3n) is 4.92. The standard InChI is InChI=1S/C25H25NO7/c1-3-31-21(28)13-8-14-26-20(27)15-32-25(30)19-12-7-11-18-22(29)16(2)23(33-24(18)19)17-9-5-4-6-10-17/h4-7,9-12H,3,8,13-15H2,1-2H3,(H,26,27). The van der Waals surface area contributed by atoms with Gasteiger partial charge in [0.15, 0.2) is 17.6 Å². The van der Waals surface area contributed by atoms with E-state index in [-0.39, 0.29) is 40.9 Å². The lowest BCUT2D eigenvalue weighted by Crippen LogP contribution is -2.30. The number of nitrogens with one attached hydrogen (secondary N) is 1. The molecule has 8 nitrogen and oxygen atoms in total. The van der Waals surface area contributed by atoms with Gasteiger partial charge in [0, 0.05) is 24.1 Å². The number of hydrogen-bond acceptors (Lipinski definition) is 7. The molecule has 0 spiro atoms. The van der Waals surface area contributed by atoms with E-state index in [1.54, 1.807) is 26.0 Å². The van der Waals surface area contributed by atoms with Gasteiger partial charge in [0.1, 0.15) is 11.3 Å². The van der Waals surface area contributed by atoms with Crippen LogP contribution in [0.5, 0.6) is 0 Å². The Morgan fingerprint density at radius 1 is 1.00 bits per heavy atom. The first kappa shape index (κ1) is 23.7. The van der Waals surface area contributed by atoms with Gasteiger partial charge in [-0.25, -0.2) is 4.79 Å². The van der Waals surface area contributed by atoms with Crippen LogP contribution in [0.15, 0.2) is 57.7 Å². The maximum atomic E-state index is 12.9. The van der Waals surface area contributed by atoms with Crippen LogP contribution in [0.3, 0.4) is 0 Å². The zero-order valence-electron chi connectivity index (χ0n) is 18.5. The Hall–Kier alpha value is -3.94. The van der Waals surface area contributed by atoms with Gasteiger partial charge in [-0.05, 0) is 32.4 Å². The summed E-state index contributed by atoms with van der Waals surface area (Å²) in [4.78, 5) is 48.8. The third kappa shape index (κ3) is 5.85. The summed E-state index contributed by atoms with van der Waals surface area (Å²) in [6.07, 6.45) is 0.598. The second-order valence-corrected chi connectivity index (χ2v) is 7.27. The van der Waals surface area contributed by atoms with Crippen LogP contribution in [0, 0.1) is 6.92 Å². The molecule has 0 aliphatic carbocycles. The Balaban J connectivity index is 1.71.